The summed E-state index contributed by atoms with van der Waals surface area (Å²) in [6, 6.07) is 0. The van der Waals surface area contributed by atoms with Gasteiger partial charge in [-0.2, -0.15) is 8.78 Å². The van der Waals surface area contributed by atoms with Gasteiger partial charge in [-0.25, -0.2) is 4.98 Å². The summed E-state index contributed by atoms with van der Waals surface area (Å²) >= 11 is 0. The van der Waals surface area contributed by atoms with Crippen LogP contribution in [0.1, 0.15) is 24.7 Å². The highest BCUT2D eigenvalue weighted by Gasteiger charge is 2.30. The van der Waals surface area contributed by atoms with E-state index in [1.54, 1.807) is 6.92 Å². The van der Waals surface area contributed by atoms with Gasteiger partial charge in [-0.05, 0) is 6.92 Å². The number of nitrogens with zero attached hydrogens (tertiary/aromatic N) is 2. The zero-order valence-corrected chi connectivity index (χ0v) is 7.01. The molecule has 0 unspecified atom stereocenters. The molecule has 2 nitrogen and oxygen atoms in total. The van der Waals surface area contributed by atoms with Crippen molar-refractivity contribution in [3.8, 4) is 0 Å². The molecule has 0 aromatic carbocycles. The van der Waals surface area contributed by atoms with Crippen LogP contribution in [0, 0.1) is 6.92 Å². The first kappa shape index (κ1) is 9.03. The second-order valence-corrected chi connectivity index (χ2v) is 2.60. The molecule has 1 heterocycles. The summed E-state index contributed by atoms with van der Waals surface area (Å²) < 4.78 is 25.9. The Hall–Kier alpha value is -1.06. The van der Waals surface area contributed by atoms with E-state index in [0.29, 0.717) is 5.69 Å². The zero-order valence-electron chi connectivity index (χ0n) is 7.01. The Morgan fingerprint density at radius 1 is 1.42 bits per heavy atom. The molecule has 1 rings (SSSR count). The van der Waals surface area contributed by atoms with Gasteiger partial charge in [-0.3, -0.25) is 4.98 Å². The van der Waals surface area contributed by atoms with E-state index in [-0.39, 0.29) is 12.1 Å². The number of aryl methyl sites for hydroxylation is 1. The Balaban J connectivity index is 3.03. The van der Waals surface area contributed by atoms with Crippen molar-refractivity contribution in [1.82, 2.24) is 9.97 Å². The molecule has 0 spiro atoms. The van der Waals surface area contributed by atoms with Gasteiger partial charge in [0.15, 0.2) is 0 Å². The first-order valence-electron chi connectivity index (χ1n) is 3.73. The summed E-state index contributed by atoms with van der Waals surface area (Å²) in [5, 5.41) is 0. The van der Waals surface area contributed by atoms with Crippen LogP contribution < -0.4 is 0 Å². The normalized spacial score (nSPS) is 11.7. The molecule has 0 bridgehead atoms. The molecule has 0 aliphatic rings. The fraction of sp³-hybridized carbons (Fsp3) is 0.500. The monoisotopic (exact) mass is 172 g/mol. The van der Waals surface area contributed by atoms with Crippen molar-refractivity contribution in [3.63, 3.8) is 0 Å². The predicted molar refractivity (Wildman–Crippen MR) is 41.0 cm³/mol. The van der Waals surface area contributed by atoms with Crippen molar-refractivity contribution in [2.45, 2.75) is 26.2 Å². The van der Waals surface area contributed by atoms with E-state index in [1.807, 2.05) is 0 Å². The molecule has 0 radical (unpaired) electrons. The average molecular weight is 172 g/mol. The van der Waals surface area contributed by atoms with E-state index in [0.717, 1.165) is 6.20 Å². The number of hydrogen-bond acceptors (Lipinski definition) is 2. The Morgan fingerprint density at radius 2 is 2.08 bits per heavy atom. The minimum absolute atomic E-state index is 0.245. The van der Waals surface area contributed by atoms with Crippen molar-refractivity contribution in [3.05, 3.63) is 23.8 Å². The second kappa shape index (κ2) is 3.13. The Kier molecular flexibility index (Phi) is 2.35. The molecular weight excluding hydrogens is 162 g/mol. The number of rotatable bonds is 2. The van der Waals surface area contributed by atoms with Gasteiger partial charge in [0.05, 0.1) is 11.9 Å². The lowest BCUT2D eigenvalue weighted by atomic mass is 10.2. The van der Waals surface area contributed by atoms with Gasteiger partial charge in [0.1, 0.15) is 5.69 Å². The molecule has 0 N–H and O–H groups in total. The molecule has 0 aliphatic heterocycles. The van der Waals surface area contributed by atoms with E-state index in [4.69, 9.17) is 0 Å². The minimum atomic E-state index is -2.85. The standard InChI is InChI=1S/C8H10F2N2/c1-3-8(9,10)7-5-11-4-6(2)12-7/h4-5H,3H2,1-2H3. The minimum Gasteiger partial charge on any atom is -0.261 e. The van der Waals surface area contributed by atoms with Crippen LogP contribution in [-0.4, -0.2) is 9.97 Å². The van der Waals surface area contributed by atoms with Gasteiger partial charge in [-0.15, -0.1) is 0 Å². The molecule has 12 heavy (non-hydrogen) atoms. The lowest BCUT2D eigenvalue weighted by Gasteiger charge is -2.12. The fourth-order valence-corrected chi connectivity index (χ4v) is 0.821. The smallest absolute Gasteiger partial charge is 0.261 e. The van der Waals surface area contributed by atoms with Crippen LogP contribution in [0.5, 0.6) is 0 Å². The molecule has 0 saturated carbocycles. The van der Waals surface area contributed by atoms with Gasteiger partial charge in [0, 0.05) is 12.6 Å². The topological polar surface area (TPSA) is 25.8 Å². The molecule has 66 valence electrons. The van der Waals surface area contributed by atoms with Crippen molar-refractivity contribution >= 4 is 0 Å². The first-order valence-corrected chi connectivity index (χ1v) is 3.73. The average Bonchev–Trinajstić information content (AvgIpc) is 2.05. The van der Waals surface area contributed by atoms with E-state index in [9.17, 15) is 8.78 Å². The highest BCUT2D eigenvalue weighted by atomic mass is 19.3. The van der Waals surface area contributed by atoms with Crippen LogP contribution >= 0.6 is 0 Å². The highest BCUT2D eigenvalue weighted by Crippen LogP contribution is 2.28. The van der Waals surface area contributed by atoms with Crippen LogP contribution in [0.25, 0.3) is 0 Å². The van der Waals surface area contributed by atoms with E-state index in [2.05, 4.69) is 9.97 Å². The summed E-state index contributed by atoms with van der Waals surface area (Å²) in [5.41, 5.74) is 0.269. The van der Waals surface area contributed by atoms with E-state index >= 15 is 0 Å². The van der Waals surface area contributed by atoms with Gasteiger partial charge in [0.25, 0.3) is 5.92 Å². The SMILES string of the molecule is CCC(F)(F)c1cncc(C)n1. The third-order valence-electron chi connectivity index (χ3n) is 1.57. The van der Waals surface area contributed by atoms with Crippen LogP contribution in [0.15, 0.2) is 12.4 Å². The molecular formula is C8H10F2N2. The van der Waals surface area contributed by atoms with Crippen molar-refractivity contribution < 1.29 is 8.78 Å². The maximum atomic E-state index is 13.0. The van der Waals surface area contributed by atoms with E-state index < -0.39 is 5.92 Å². The first-order chi connectivity index (χ1) is 5.56. The lowest BCUT2D eigenvalue weighted by molar-refractivity contribution is -0.0133. The van der Waals surface area contributed by atoms with Crippen molar-refractivity contribution in [2.24, 2.45) is 0 Å². The predicted octanol–water partition coefficient (Wildman–Crippen LogP) is 2.29. The van der Waals surface area contributed by atoms with Gasteiger partial charge in [0.2, 0.25) is 0 Å². The van der Waals surface area contributed by atoms with Crippen LogP contribution in [0.3, 0.4) is 0 Å². The fourth-order valence-electron chi connectivity index (χ4n) is 0.821. The Labute approximate surface area is 69.7 Å². The maximum Gasteiger partial charge on any atom is 0.290 e. The largest absolute Gasteiger partial charge is 0.290 e. The number of aromatic nitrogens is 2. The lowest BCUT2D eigenvalue weighted by Crippen LogP contribution is -2.14. The van der Waals surface area contributed by atoms with Crippen LogP contribution in [0.4, 0.5) is 8.78 Å². The Morgan fingerprint density at radius 3 is 2.58 bits per heavy atom. The number of alkyl halides is 2. The zero-order chi connectivity index (χ0) is 9.19. The van der Waals surface area contributed by atoms with Gasteiger partial charge in [-0.1, -0.05) is 6.92 Å². The third kappa shape index (κ3) is 1.75. The molecule has 0 aliphatic carbocycles. The Bertz CT molecular complexity index is 274. The molecule has 0 amide bonds. The van der Waals surface area contributed by atoms with Crippen LogP contribution in [0.2, 0.25) is 0 Å². The summed E-state index contributed by atoms with van der Waals surface area (Å²) in [6.45, 7) is 3.06. The summed E-state index contributed by atoms with van der Waals surface area (Å²) in [7, 11) is 0. The van der Waals surface area contributed by atoms with Crippen molar-refractivity contribution in [1.29, 1.82) is 0 Å². The number of halogens is 2. The second-order valence-electron chi connectivity index (χ2n) is 2.60. The maximum absolute atomic E-state index is 13.0. The molecule has 1 aromatic rings. The summed E-state index contributed by atoms with van der Waals surface area (Å²) in [4.78, 5) is 7.36. The third-order valence-corrected chi connectivity index (χ3v) is 1.57. The van der Waals surface area contributed by atoms with Crippen LogP contribution in [-0.2, 0) is 5.92 Å². The molecule has 1 aromatic heterocycles. The van der Waals surface area contributed by atoms with Gasteiger partial charge >= 0.3 is 0 Å². The molecule has 0 saturated heterocycles. The van der Waals surface area contributed by atoms with Crippen molar-refractivity contribution in [2.75, 3.05) is 0 Å². The molecule has 0 fully saturated rings. The highest BCUT2D eigenvalue weighted by molar-refractivity contribution is 5.07. The summed E-state index contributed by atoms with van der Waals surface area (Å²) in [6.07, 6.45) is 2.32. The molecule has 0 atom stereocenters. The quantitative estimate of drug-likeness (QED) is 0.684. The summed E-state index contributed by atoms with van der Waals surface area (Å²) in [5.74, 6) is -2.85. The number of hydrogen-bond donors (Lipinski definition) is 0. The van der Waals surface area contributed by atoms with Gasteiger partial charge < -0.3 is 0 Å². The van der Waals surface area contributed by atoms with E-state index in [1.165, 1.54) is 13.1 Å². The molecule has 4 heteroatoms.